The number of carboxylic acid groups (broad SMARTS) is 1. The largest absolute Gasteiger partial charge is 0.481 e. The highest BCUT2D eigenvalue weighted by atomic mass is 32.2. The van der Waals surface area contributed by atoms with E-state index in [0.29, 0.717) is 0 Å². The molecule has 0 saturated carbocycles. The summed E-state index contributed by atoms with van der Waals surface area (Å²) in [5.41, 5.74) is 0. The Morgan fingerprint density at radius 1 is 1.24 bits per heavy atom. The summed E-state index contributed by atoms with van der Waals surface area (Å²) in [5.74, 6) is -1.94. The van der Waals surface area contributed by atoms with E-state index < -0.39 is 27.0 Å². The number of rotatable bonds is 3. The summed E-state index contributed by atoms with van der Waals surface area (Å²) in [4.78, 5) is 11.2. The van der Waals surface area contributed by atoms with Gasteiger partial charge in [-0.2, -0.15) is 0 Å². The Labute approximate surface area is 99.4 Å². The third-order valence-corrected chi connectivity index (χ3v) is 5.17. The van der Waals surface area contributed by atoms with Gasteiger partial charge in [0.2, 0.25) is 0 Å². The standard InChI is InChI=1S/C11H13NO4S/c13-11(14)9-6-12-7-10(9)17(15,16)8-4-2-1-3-5-8/h1-5,9-10,12H,6-7H2,(H,13,14)/t9-,10+/m0/s1. The summed E-state index contributed by atoms with van der Waals surface area (Å²) >= 11 is 0. The first kappa shape index (κ1) is 12.1. The summed E-state index contributed by atoms with van der Waals surface area (Å²) in [5, 5.41) is 10.9. The molecule has 0 spiro atoms. The first-order valence-corrected chi connectivity index (χ1v) is 6.80. The van der Waals surface area contributed by atoms with Crippen molar-refractivity contribution in [1.29, 1.82) is 0 Å². The van der Waals surface area contributed by atoms with Crippen molar-refractivity contribution in [2.24, 2.45) is 5.92 Å². The molecule has 5 nitrogen and oxygen atoms in total. The fourth-order valence-electron chi connectivity index (χ4n) is 2.01. The maximum Gasteiger partial charge on any atom is 0.309 e. The molecule has 0 radical (unpaired) electrons. The Bertz CT molecular complexity index is 512. The Hall–Kier alpha value is -1.40. The van der Waals surface area contributed by atoms with Gasteiger partial charge in [0.1, 0.15) is 0 Å². The van der Waals surface area contributed by atoms with Gasteiger partial charge in [-0.3, -0.25) is 4.79 Å². The fraction of sp³-hybridized carbons (Fsp3) is 0.364. The molecule has 1 aromatic rings. The summed E-state index contributed by atoms with van der Waals surface area (Å²) in [6.07, 6.45) is 0. The van der Waals surface area contributed by atoms with Gasteiger partial charge >= 0.3 is 5.97 Å². The van der Waals surface area contributed by atoms with E-state index in [9.17, 15) is 13.2 Å². The highest BCUT2D eigenvalue weighted by molar-refractivity contribution is 7.92. The lowest BCUT2D eigenvalue weighted by atomic mass is 10.1. The van der Waals surface area contributed by atoms with Crippen LogP contribution in [0.1, 0.15) is 0 Å². The van der Waals surface area contributed by atoms with Crippen LogP contribution >= 0.6 is 0 Å². The Morgan fingerprint density at radius 3 is 2.47 bits per heavy atom. The van der Waals surface area contributed by atoms with Crippen molar-refractivity contribution in [2.45, 2.75) is 10.1 Å². The number of benzene rings is 1. The summed E-state index contributed by atoms with van der Waals surface area (Å²) in [6, 6.07) is 7.97. The minimum atomic E-state index is -3.58. The molecule has 0 aromatic heterocycles. The molecule has 17 heavy (non-hydrogen) atoms. The number of carbonyl (C=O) groups is 1. The number of carboxylic acids is 1. The monoisotopic (exact) mass is 255 g/mol. The van der Waals surface area contributed by atoms with Crippen molar-refractivity contribution in [3.05, 3.63) is 30.3 Å². The molecule has 0 unspecified atom stereocenters. The van der Waals surface area contributed by atoms with Crippen LogP contribution in [0, 0.1) is 5.92 Å². The average molecular weight is 255 g/mol. The molecular formula is C11H13NO4S. The maximum absolute atomic E-state index is 12.2. The zero-order valence-electron chi connectivity index (χ0n) is 9.04. The lowest BCUT2D eigenvalue weighted by Gasteiger charge is -2.15. The molecule has 1 aliphatic heterocycles. The zero-order chi connectivity index (χ0) is 12.5. The van der Waals surface area contributed by atoms with Crippen LogP contribution in [0.5, 0.6) is 0 Å². The van der Waals surface area contributed by atoms with Crippen molar-refractivity contribution in [1.82, 2.24) is 5.32 Å². The van der Waals surface area contributed by atoms with E-state index in [4.69, 9.17) is 5.11 Å². The van der Waals surface area contributed by atoms with Gasteiger partial charge in [0.25, 0.3) is 0 Å². The van der Waals surface area contributed by atoms with Gasteiger partial charge in [-0.25, -0.2) is 8.42 Å². The highest BCUT2D eigenvalue weighted by Gasteiger charge is 2.42. The minimum absolute atomic E-state index is 0.181. The smallest absolute Gasteiger partial charge is 0.309 e. The van der Waals surface area contributed by atoms with Gasteiger partial charge in [-0.05, 0) is 12.1 Å². The molecule has 0 bridgehead atoms. The number of hydrogen-bond donors (Lipinski definition) is 2. The fourth-order valence-corrected chi connectivity index (χ4v) is 3.88. The Kier molecular flexibility index (Phi) is 3.17. The first-order valence-electron chi connectivity index (χ1n) is 5.26. The van der Waals surface area contributed by atoms with Crippen LogP contribution in [-0.4, -0.2) is 37.8 Å². The molecule has 2 rings (SSSR count). The van der Waals surface area contributed by atoms with Gasteiger partial charge in [-0.1, -0.05) is 18.2 Å². The molecule has 1 aliphatic rings. The SMILES string of the molecule is O=C(O)[C@H]1CNC[C@H]1S(=O)(=O)c1ccccc1. The lowest BCUT2D eigenvalue weighted by molar-refractivity contribution is -0.140. The molecule has 0 aliphatic carbocycles. The summed E-state index contributed by atoms with van der Waals surface area (Å²) < 4.78 is 24.5. The zero-order valence-corrected chi connectivity index (χ0v) is 9.85. The molecule has 1 heterocycles. The van der Waals surface area contributed by atoms with Crippen LogP contribution in [0.2, 0.25) is 0 Å². The van der Waals surface area contributed by atoms with Gasteiger partial charge in [0.15, 0.2) is 9.84 Å². The topological polar surface area (TPSA) is 83.5 Å². The molecule has 6 heteroatoms. The van der Waals surface area contributed by atoms with E-state index in [1.165, 1.54) is 12.1 Å². The highest BCUT2D eigenvalue weighted by Crippen LogP contribution is 2.24. The van der Waals surface area contributed by atoms with E-state index in [1.807, 2.05) is 0 Å². The Morgan fingerprint density at radius 2 is 1.88 bits per heavy atom. The average Bonchev–Trinajstić information content (AvgIpc) is 2.80. The second-order valence-electron chi connectivity index (χ2n) is 4.00. The maximum atomic E-state index is 12.2. The van der Waals surface area contributed by atoms with E-state index in [0.717, 1.165) is 0 Å². The van der Waals surface area contributed by atoms with Crippen molar-refractivity contribution < 1.29 is 18.3 Å². The van der Waals surface area contributed by atoms with Gasteiger partial charge < -0.3 is 10.4 Å². The number of hydrogen-bond acceptors (Lipinski definition) is 4. The van der Waals surface area contributed by atoms with Crippen LogP contribution in [0.15, 0.2) is 35.2 Å². The van der Waals surface area contributed by atoms with Gasteiger partial charge in [0.05, 0.1) is 16.1 Å². The normalized spacial score (nSPS) is 24.7. The summed E-state index contributed by atoms with van der Waals surface area (Å²) in [6.45, 7) is 0.389. The van der Waals surface area contributed by atoms with Gasteiger partial charge in [-0.15, -0.1) is 0 Å². The van der Waals surface area contributed by atoms with E-state index in [1.54, 1.807) is 18.2 Å². The minimum Gasteiger partial charge on any atom is -0.481 e. The van der Waals surface area contributed by atoms with Crippen molar-refractivity contribution >= 4 is 15.8 Å². The number of aliphatic carboxylic acids is 1. The Balaban J connectivity index is 2.37. The van der Waals surface area contributed by atoms with Crippen LogP contribution in [0.4, 0.5) is 0 Å². The predicted molar refractivity (Wildman–Crippen MR) is 61.4 cm³/mol. The van der Waals surface area contributed by atoms with Crippen LogP contribution in [0.3, 0.4) is 0 Å². The molecule has 1 saturated heterocycles. The molecular weight excluding hydrogens is 242 g/mol. The van der Waals surface area contributed by atoms with E-state index in [2.05, 4.69) is 5.32 Å². The quantitative estimate of drug-likeness (QED) is 0.802. The van der Waals surface area contributed by atoms with Crippen molar-refractivity contribution in [3.63, 3.8) is 0 Å². The number of sulfone groups is 1. The van der Waals surface area contributed by atoms with E-state index in [-0.39, 0.29) is 18.0 Å². The molecule has 2 atom stereocenters. The summed E-state index contributed by atoms with van der Waals surface area (Å²) in [7, 11) is -3.58. The van der Waals surface area contributed by atoms with Gasteiger partial charge in [0, 0.05) is 13.1 Å². The molecule has 92 valence electrons. The second kappa shape index (κ2) is 4.46. The number of nitrogens with one attached hydrogen (secondary N) is 1. The van der Waals surface area contributed by atoms with Crippen LogP contribution in [0.25, 0.3) is 0 Å². The third kappa shape index (κ3) is 2.18. The van der Waals surface area contributed by atoms with E-state index >= 15 is 0 Å². The van der Waals surface area contributed by atoms with Crippen LogP contribution < -0.4 is 5.32 Å². The third-order valence-electron chi connectivity index (χ3n) is 2.95. The van der Waals surface area contributed by atoms with Crippen LogP contribution in [-0.2, 0) is 14.6 Å². The lowest BCUT2D eigenvalue weighted by Crippen LogP contribution is -2.33. The molecule has 1 aromatic carbocycles. The predicted octanol–water partition coefficient (Wildman–Crippen LogP) is 0.133. The molecule has 0 amide bonds. The van der Waals surface area contributed by atoms with Crippen molar-refractivity contribution in [3.8, 4) is 0 Å². The first-order chi connectivity index (χ1) is 8.03. The molecule has 1 fully saturated rings. The van der Waals surface area contributed by atoms with Crippen molar-refractivity contribution in [2.75, 3.05) is 13.1 Å². The molecule has 2 N–H and O–H groups in total. The second-order valence-corrected chi connectivity index (χ2v) is 6.17.